The van der Waals surface area contributed by atoms with Gasteiger partial charge in [-0.1, -0.05) is 12.1 Å². The van der Waals surface area contributed by atoms with E-state index in [2.05, 4.69) is 4.90 Å². The Morgan fingerprint density at radius 1 is 1.08 bits per heavy atom. The molecule has 3 rings (SSSR count). The first-order valence-electron chi connectivity index (χ1n) is 9.12. The predicted octanol–water partition coefficient (Wildman–Crippen LogP) is 1.01. The van der Waals surface area contributed by atoms with Gasteiger partial charge in [0, 0.05) is 32.7 Å². The summed E-state index contributed by atoms with van der Waals surface area (Å²) in [7, 11) is 0. The maximum Gasteiger partial charge on any atom is 0.226 e. The van der Waals surface area contributed by atoms with E-state index in [9.17, 15) is 15.0 Å². The summed E-state index contributed by atoms with van der Waals surface area (Å²) in [5.74, 6) is 0.292. The molecule has 2 heterocycles. The van der Waals surface area contributed by atoms with Gasteiger partial charge in [0.25, 0.3) is 0 Å². The average Bonchev–Trinajstić information content (AvgIpc) is 2.80. The second-order valence-electron chi connectivity index (χ2n) is 7.19. The number of benzene rings is 1. The first-order valence-corrected chi connectivity index (χ1v) is 9.12. The number of hydrogen-bond donors (Lipinski definition) is 2. The molecule has 1 atom stereocenters. The highest BCUT2D eigenvalue weighted by molar-refractivity contribution is 5.78. The Labute approximate surface area is 149 Å². The van der Waals surface area contributed by atoms with Crippen LogP contribution in [0.1, 0.15) is 24.8 Å². The third-order valence-electron chi connectivity index (χ3n) is 5.18. The van der Waals surface area contributed by atoms with Gasteiger partial charge in [-0.3, -0.25) is 9.69 Å². The molecule has 1 aromatic carbocycles. The van der Waals surface area contributed by atoms with Gasteiger partial charge in [0.15, 0.2) is 0 Å². The Balaban J connectivity index is 1.53. The van der Waals surface area contributed by atoms with Crippen molar-refractivity contribution in [3.8, 4) is 5.75 Å². The summed E-state index contributed by atoms with van der Waals surface area (Å²) in [6.07, 6.45) is 2.50. The van der Waals surface area contributed by atoms with Crippen molar-refractivity contribution in [2.24, 2.45) is 0 Å². The Kier molecular flexibility index (Phi) is 5.93. The molecule has 25 heavy (non-hydrogen) atoms. The quantitative estimate of drug-likeness (QED) is 0.850. The van der Waals surface area contributed by atoms with Gasteiger partial charge >= 0.3 is 0 Å². The number of carbonyl (C=O) groups excluding carboxylic acids is 1. The van der Waals surface area contributed by atoms with Crippen molar-refractivity contribution in [3.63, 3.8) is 0 Å². The molecule has 2 aliphatic heterocycles. The number of amides is 1. The number of nitrogens with zero attached hydrogens (tertiary/aromatic N) is 2. The number of ether oxygens (including phenoxy) is 1. The maximum absolute atomic E-state index is 12.6. The largest absolute Gasteiger partial charge is 0.508 e. The molecule has 2 saturated heterocycles. The molecule has 0 aromatic heterocycles. The van der Waals surface area contributed by atoms with Gasteiger partial charge in [-0.15, -0.1) is 0 Å². The van der Waals surface area contributed by atoms with Crippen molar-refractivity contribution >= 4 is 5.91 Å². The number of aliphatic hydroxyl groups is 1. The molecule has 0 radical (unpaired) electrons. The molecule has 138 valence electrons. The smallest absolute Gasteiger partial charge is 0.226 e. The number of likely N-dealkylation sites (tertiary alicyclic amines) is 1. The monoisotopic (exact) mass is 348 g/mol. The highest BCUT2D eigenvalue weighted by atomic mass is 16.5. The van der Waals surface area contributed by atoms with E-state index in [1.54, 1.807) is 24.3 Å². The van der Waals surface area contributed by atoms with Gasteiger partial charge in [0.2, 0.25) is 5.91 Å². The number of rotatable bonds is 4. The lowest BCUT2D eigenvalue weighted by Gasteiger charge is -2.35. The molecule has 0 aliphatic carbocycles. The molecule has 0 bridgehead atoms. The lowest BCUT2D eigenvalue weighted by atomic mass is 9.94. The van der Waals surface area contributed by atoms with E-state index in [0.717, 1.165) is 44.7 Å². The number of carbonyl (C=O) groups is 1. The number of hydrogen-bond acceptors (Lipinski definition) is 5. The standard InChI is InChI=1S/C19H28N2O4/c22-17-4-2-16(3-5-17)14-18(23)21-8-1-6-19(24,7-9-21)15-20-10-12-25-13-11-20/h2-5,22,24H,1,6-15H2. The normalized spacial score (nSPS) is 25.6. The van der Waals surface area contributed by atoms with Crippen molar-refractivity contribution in [2.45, 2.75) is 31.3 Å². The van der Waals surface area contributed by atoms with Crippen LogP contribution in [0.25, 0.3) is 0 Å². The highest BCUT2D eigenvalue weighted by Gasteiger charge is 2.33. The number of phenols is 1. The zero-order valence-corrected chi connectivity index (χ0v) is 14.7. The van der Waals surface area contributed by atoms with Crippen LogP contribution in [0.15, 0.2) is 24.3 Å². The van der Waals surface area contributed by atoms with Crippen molar-refractivity contribution in [2.75, 3.05) is 45.9 Å². The predicted molar refractivity (Wildman–Crippen MR) is 94.5 cm³/mol. The fourth-order valence-corrected chi connectivity index (χ4v) is 3.66. The summed E-state index contributed by atoms with van der Waals surface area (Å²) in [6.45, 7) is 5.15. The number of β-amino-alcohol motifs (C(OH)–C–C–N with tert-alkyl or cyclic N) is 1. The van der Waals surface area contributed by atoms with Crippen molar-refractivity contribution < 1.29 is 19.7 Å². The molecule has 2 N–H and O–H groups in total. The summed E-state index contributed by atoms with van der Waals surface area (Å²) in [5, 5.41) is 20.3. The molecule has 0 saturated carbocycles. The van der Waals surface area contributed by atoms with Crippen LogP contribution in [0.2, 0.25) is 0 Å². The highest BCUT2D eigenvalue weighted by Crippen LogP contribution is 2.24. The lowest BCUT2D eigenvalue weighted by Crippen LogP contribution is -2.48. The molecule has 2 aliphatic rings. The lowest BCUT2D eigenvalue weighted by molar-refractivity contribution is -0.130. The Hall–Kier alpha value is -1.63. The van der Waals surface area contributed by atoms with Crippen LogP contribution in [0.5, 0.6) is 5.75 Å². The Morgan fingerprint density at radius 3 is 2.52 bits per heavy atom. The first-order chi connectivity index (χ1) is 12.0. The van der Waals surface area contributed by atoms with E-state index in [0.29, 0.717) is 32.5 Å². The van der Waals surface area contributed by atoms with Crippen LogP contribution in [-0.4, -0.2) is 77.5 Å². The molecule has 1 amide bonds. The molecular formula is C19H28N2O4. The van der Waals surface area contributed by atoms with Crippen molar-refractivity contribution in [1.82, 2.24) is 9.80 Å². The third kappa shape index (κ3) is 5.17. The molecule has 1 unspecified atom stereocenters. The topological polar surface area (TPSA) is 73.2 Å². The minimum Gasteiger partial charge on any atom is -0.508 e. The van der Waals surface area contributed by atoms with E-state index in [1.807, 2.05) is 4.90 Å². The van der Waals surface area contributed by atoms with Gasteiger partial charge in [-0.25, -0.2) is 0 Å². The van der Waals surface area contributed by atoms with Crippen LogP contribution in [0.3, 0.4) is 0 Å². The van der Waals surface area contributed by atoms with Gasteiger partial charge in [0.1, 0.15) is 5.75 Å². The van der Waals surface area contributed by atoms with Crippen molar-refractivity contribution in [3.05, 3.63) is 29.8 Å². The molecule has 6 heteroatoms. The van der Waals surface area contributed by atoms with E-state index >= 15 is 0 Å². The second-order valence-corrected chi connectivity index (χ2v) is 7.19. The summed E-state index contributed by atoms with van der Waals surface area (Å²) < 4.78 is 5.37. The minimum absolute atomic E-state index is 0.0845. The molecule has 0 spiro atoms. The van der Waals surface area contributed by atoms with Crippen LogP contribution >= 0.6 is 0 Å². The second kappa shape index (κ2) is 8.17. The molecule has 6 nitrogen and oxygen atoms in total. The maximum atomic E-state index is 12.6. The molecular weight excluding hydrogens is 320 g/mol. The van der Waals surface area contributed by atoms with Gasteiger partial charge in [-0.05, 0) is 37.0 Å². The summed E-state index contributed by atoms with van der Waals surface area (Å²) >= 11 is 0. The van der Waals surface area contributed by atoms with Crippen LogP contribution in [0, 0.1) is 0 Å². The van der Waals surface area contributed by atoms with Gasteiger partial charge in [-0.2, -0.15) is 0 Å². The summed E-state index contributed by atoms with van der Waals surface area (Å²) in [6, 6.07) is 6.76. The third-order valence-corrected chi connectivity index (χ3v) is 5.18. The molecule has 2 fully saturated rings. The van der Waals surface area contributed by atoms with Gasteiger partial charge < -0.3 is 19.8 Å². The fourth-order valence-electron chi connectivity index (χ4n) is 3.66. The Bertz CT molecular complexity index is 571. The fraction of sp³-hybridized carbons (Fsp3) is 0.632. The first kappa shape index (κ1) is 18.2. The minimum atomic E-state index is -0.717. The zero-order chi connectivity index (χ0) is 17.7. The summed E-state index contributed by atoms with van der Waals surface area (Å²) in [5.41, 5.74) is 0.181. The Morgan fingerprint density at radius 2 is 1.80 bits per heavy atom. The number of aromatic hydroxyl groups is 1. The van der Waals surface area contributed by atoms with E-state index in [4.69, 9.17) is 4.74 Å². The van der Waals surface area contributed by atoms with E-state index < -0.39 is 5.60 Å². The summed E-state index contributed by atoms with van der Waals surface area (Å²) in [4.78, 5) is 16.7. The zero-order valence-electron chi connectivity index (χ0n) is 14.7. The van der Waals surface area contributed by atoms with Crippen LogP contribution < -0.4 is 0 Å². The van der Waals surface area contributed by atoms with E-state index in [-0.39, 0.29) is 11.7 Å². The van der Waals surface area contributed by atoms with E-state index in [1.165, 1.54) is 0 Å². The molecule has 1 aromatic rings. The van der Waals surface area contributed by atoms with Crippen LogP contribution in [0.4, 0.5) is 0 Å². The van der Waals surface area contributed by atoms with Gasteiger partial charge in [0.05, 0.1) is 25.2 Å². The van der Waals surface area contributed by atoms with Crippen LogP contribution in [-0.2, 0) is 16.0 Å². The number of morpholine rings is 1. The SMILES string of the molecule is O=C(Cc1ccc(O)cc1)N1CCCC(O)(CN2CCOCC2)CC1. The average molecular weight is 348 g/mol. The number of phenolic OH excluding ortho intramolecular Hbond substituents is 1. The van der Waals surface area contributed by atoms with Crippen molar-refractivity contribution in [1.29, 1.82) is 0 Å².